The predicted molar refractivity (Wildman–Crippen MR) is 122 cm³/mol. The zero-order valence-electron chi connectivity index (χ0n) is 17.7. The van der Waals surface area contributed by atoms with Gasteiger partial charge in [0.25, 0.3) is 15.9 Å². The molecule has 1 fully saturated rings. The Kier molecular flexibility index (Phi) is 7.94. The molecule has 2 N–H and O–H groups in total. The summed E-state index contributed by atoms with van der Waals surface area (Å²) in [7, 11) is -3.75. The van der Waals surface area contributed by atoms with Gasteiger partial charge in [0.15, 0.2) is 0 Å². The van der Waals surface area contributed by atoms with Gasteiger partial charge in [0.1, 0.15) is 0 Å². The highest BCUT2D eigenvalue weighted by atomic mass is 35.5. The molecule has 168 valence electrons. The monoisotopic (exact) mass is 465 g/mol. The van der Waals surface area contributed by atoms with Gasteiger partial charge in [0.2, 0.25) is 0 Å². The number of carbonyl (C=O) groups excluding carboxylic acids is 1. The fourth-order valence-corrected chi connectivity index (χ4v) is 4.78. The van der Waals surface area contributed by atoms with E-state index >= 15 is 0 Å². The van der Waals surface area contributed by atoms with E-state index in [0.717, 1.165) is 26.1 Å². The lowest BCUT2D eigenvalue weighted by Crippen LogP contribution is -2.46. The van der Waals surface area contributed by atoms with E-state index in [1.54, 1.807) is 24.3 Å². The summed E-state index contributed by atoms with van der Waals surface area (Å²) in [6.45, 7) is 7.39. The quantitative estimate of drug-likeness (QED) is 0.583. The van der Waals surface area contributed by atoms with Crippen molar-refractivity contribution < 1.29 is 17.9 Å². The van der Waals surface area contributed by atoms with Crippen LogP contribution in [0, 0.1) is 0 Å². The maximum Gasteiger partial charge on any atom is 0.261 e. The maximum absolute atomic E-state index is 12.5. The summed E-state index contributed by atoms with van der Waals surface area (Å²) in [5.74, 6) is -0.224. The van der Waals surface area contributed by atoms with Crippen molar-refractivity contribution in [2.24, 2.45) is 0 Å². The normalized spacial score (nSPS) is 19.7. The van der Waals surface area contributed by atoms with Crippen LogP contribution in [0.25, 0.3) is 0 Å². The zero-order valence-corrected chi connectivity index (χ0v) is 19.2. The van der Waals surface area contributed by atoms with E-state index < -0.39 is 10.0 Å². The highest BCUT2D eigenvalue weighted by Crippen LogP contribution is 2.19. The van der Waals surface area contributed by atoms with Gasteiger partial charge in [-0.15, -0.1) is 0 Å². The smallest absolute Gasteiger partial charge is 0.261 e. The molecular weight excluding hydrogens is 438 g/mol. The molecule has 3 rings (SSSR count). The number of anilines is 1. The van der Waals surface area contributed by atoms with Crippen molar-refractivity contribution in [2.75, 3.05) is 30.9 Å². The summed E-state index contributed by atoms with van der Waals surface area (Å²) in [4.78, 5) is 14.8. The SMILES string of the molecule is C[C@H]1CN(CCCNC(=O)c2ccc(S(=O)(=O)Nc3ccc(Cl)cc3)cc2)C[C@H](C)O1. The lowest BCUT2D eigenvalue weighted by Gasteiger charge is -2.35. The summed E-state index contributed by atoms with van der Waals surface area (Å²) in [5, 5.41) is 3.41. The van der Waals surface area contributed by atoms with Crippen LogP contribution in [-0.4, -0.2) is 57.6 Å². The molecule has 1 amide bonds. The lowest BCUT2D eigenvalue weighted by molar-refractivity contribution is -0.0680. The number of hydrogen-bond acceptors (Lipinski definition) is 5. The number of nitrogens with zero attached hydrogens (tertiary/aromatic N) is 1. The van der Waals surface area contributed by atoms with E-state index in [1.165, 1.54) is 24.3 Å². The first-order valence-electron chi connectivity index (χ1n) is 10.3. The Labute approximate surface area is 188 Å². The highest BCUT2D eigenvalue weighted by Gasteiger charge is 2.21. The molecule has 31 heavy (non-hydrogen) atoms. The summed E-state index contributed by atoms with van der Waals surface area (Å²) in [6, 6.07) is 12.2. The number of halogens is 1. The number of morpholine rings is 1. The van der Waals surface area contributed by atoms with Crippen LogP contribution in [0.1, 0.15) is 30.6 Å². The molecule has 1 heterocycles. The van der Waals surface area contributed by atoms with Crippen molar-refractivity contribution in [3.05, 3.63) is 59.1 Å². The van der Waals surface area contributed by atoms with E-state index in [9.17, 15) is 13.2 Å². The second-order valence-corrected chi connectivity index (χ2v) is 9.88. The first-order chi connectivity index (χ1) is 14.7. The molecule has 2 aromatic rings. The molecule has 1 saturated heterocycles. The van der Waals surface area contributed by atoms with Gasteiger partial charge < -0.3 is 10.1 Å². The first kappa shape index (κ1) is 23.5. The first-order valence-corrected chi connectivity index (χ1v) is 12.1. The van der Waals surface area contributed by atoms with Gasteiger partial charge in [-0.1, -0.05) is 11.6 Å². The highest BCUT2D eigenvalue weighted by molar-refractivity contribution is 7.92. The van der Waals surface area contributed by atoms with E-state index in [0.29, 0.717) is 22.8 Å². The number of ether oxygens (including phenoxy) is 1. The van der Waals surface area contributed by atoms with E-state index in [-0.39, 0.29) is 23.0 Å². The van der Waals surface area contributed by atoms with Gasteiger partial charge in [-0.25, -0.2) is 8.42 Å². The van der Waals surface area contributed by atoms with Gasteiger partial charge in [0.05, 0.1) is 17.1 Å². The molecule has 1 aliphatic heterocycles. The molecule has 0 radical (unpaired) electrons. The zero-order chi connectivity index (χ0) is 22.4. The second kappa shape index (κ2) is 10.5. The van der Waals surface area contributed by atoms with Crippen LogP contribution in [-0.2, 0) is 14.8 Å². The fourth-order valence-electron chi connectivity index (χ4n) is 3.59. The van der Waals surface area contributed by atoms with E-state index in [1.807, 2.05) is 0 Å². The Bertz CT molecular complexity index is 971. The predicted octanol–water partition coefficient (Wildman–Crippen LogP) is 3.37. The molecule has 0 aromatic heterocycles. The Morgan fingerprint density at radius 2 is 1.68 bits per heavy atom. The topological polar surface area (TPSA) is 87.7 Å². The Hall–Kier alpha value is -2.13. The maximum atomic E-state index is 12.5. The third-order valence-electron chi connectivity index (χ3n) is 4.96. The minimum absolute atomic E-state index is 0.0783. The fraction of sp³-hybridized carbons (Fsp3) is 0.409. The summed E-state index contributed by atoms with van der Waals surface area (Å²) < 4.78 is 33.2. The molecule has 9 heteroatoms. The van der Waals surface area contributed by atoms with E-state index in [2.05, 4.69) is 28.8 Å². The van der Waals surface area contributed by atoms with Crippen molar-refractivity contribution in [3.8, 4) is 0 Å². The summed E-state index contributed by atoms with van der Waals surface area (Å²) in [6.07, 6.45) is 1.28. The lowest BCUT2D eigenvalue weighted by atomic mass is 10.2. The largest absolute Gasteiger partial charge is 0.373 e. The molecule has 0 spiro atoms. The molecule has 7 nitrogen and oxygen atoms in total. The van der Waals surface area contributed by atoms with Gasteiger partial charge >= 0.3 is 0 Å². The Balaban J connectivity index is 1.48. The number of rotatable bonds is 8. The minimum Gasteiger partial charge on any atom is -0.373 e. The summed E-state index contributed by atoms with van der Waals surface area (Å²) >= 11 is 5.82. The second-order valence-electron chi connectivity index (χ2n) is 7.76. The Morgan fingerprint density at radius 3 is 2.29 bits per heavy atom. The van der Waals surface area contributed by atoms with Crippen LogP contribution < -0.4 is 10.0 Å². The number of sulfonamides is 1. The molecular formula is C22H28ClN3O4S. The van der Waals surface area contributed by atoms with Crippen LogP contribution in [0.5, 0.6) is 0 Å². The third kappa shape index (κ3) is 6.93. The van der Waals surface area contributed by atoms with Crippen LogP contribution in [0.4, 0.5) is 5.69 Å². The number of nitrogens with one attached hydrogen (secondary N) is 2. The number of hydrogen-bond donors (Lipinski definition) is 2. The molecule has 0 saturated carbocycles. The van der Waals surface area contributed by atoms with Crippen molar-refractivity contribution in [3.63, 3.8) is 0 Å². The standard InChI is InChI=1S/C22H28ClN3O4S/c1-16-14-26(15-17(2)30-16)13-3-12-24-22(27)18-4-10-21(11-5-18)31(28,29)25-20-8-6-19(23)7-9-20/h4-11,16-17,25H,3,12-15H2,1-2H3,(H,24,27)/t16-,17-/m0/s1. The number of amides is 1. The van der Waals surface area contributed by atoms with Gasteiger partial charge in [-0.2, -0.15) is 0 Å². The van der Waals surface area contributed by atoms with E-state index in [4.69, 9.17) is 16.3 Å². The van der Waals surface area contributed by atoms with Gasteiger partial charge in [-0.05, 0) is 68.8 Å². The molecule has 2 aromatic carbocycles. The van der Waals surface area contributed by atoms with Crippen molar-refractivity contribution in [1.29, 1.82) is 0 Å². The van der Waals surface area contributed by atoms with Gasteiger partial charge in [0, 0.05) is 42.5 Å². The van der Waals surface area contributed by atoms with Crippen LogP contribution >= 0.6 is 11.6 Å². The van der Waals surface area contributed by atoms with Crippen LogP contribution in [0.3, 0.4) is 0 Å². The van der Waals surface area contributed by atoms with Crippen molar-refractivity contribution in [2.45, 2.75) is 37.4 Å². The van der Waals surface area contributed by atoms with Crippen molar-refractivity contribution >= 4 is 33.2 Å². The van der Waals surface area contributed by atoms with Crippen LogP contribution in [0.15, 0.2) is 53.4 Å². The molecule has 1 aliphatic rings. The number of carbonyl (C=O) groups is 1. The molecule has 0 unspecified atom stereocenters. The minimum atomic E-state index is -3.75. The van der Waals surface area contributed by atoms with Gasteiger partial charge in [-0.3, -0.25) is 14.4 Å². The molecule has 0 bridgehead atoms. The third-order valence-corrected chi connectivity index (χ3v) is 6.60. The molecule has 0 aliphatic carbocycles. The summed E-state index contributed by atoms with van der Waals surface area (Å²) in [5.41, 5.74) is 0.828. The molecule has 2 atom stereocenters. The average molecular weight is 466 g/mol. The Morgan fingerprint density at radius 1 is 1.06 bits per heavy atom. The van der Waals surface area contributed by atoms with Crippen molar-refractivity contribution in [1.82, 2.24) is 10.2 Å². The average Bonchev–Trinajstić information content (AvgIpc) is 2.72. The number of benzene rings is 2. The van der Waals surface area contributed by atoms with Crippen LogP contribution in [0.2, 0.25) is 5.02 Å².